The predicted molar refractivity (Wildman–Crippen MR) is 119 cm³/mol. The predicted octanol–water partition coefficient (Wildman–Crippen LogP) is 6.26. The first-order valence-corrected chi connectivity index (χ1v) is 10.3. The van der Waals surface area contributed by atoms with Gasteiger partial charge in [0.05, 0.1) is 10.6 Å². The van der Waals surface area contributed by atoms with E-state index >= 15 is 0 Å². The van der Waals surface area contributed by atoms with Gasteiger partial charge in [-0.1, -0.05) is 102 Å². The Labute approximate surface area is 178 Å². The third-order valence-electron chi connectivity index (χ3n) is 4.54. The topological polar surface area (TPSA) is 74.9 Å². The highest BCUT2D eigenvalue weighted by Crippen LogP contribution is 2.40. The number of aliphatic carboxylic acids is 1. The molecule has 4 rings (SSSR count). The molecule has 0 fully saturated rings. The van der Waals surface area contributed by atoms with Crippen LogP contribution in [0, 0.1) is 0 Å². The summed E-state index contributed by atoms with van der Waals surface area (Å²) in [6, 6.07) is 28.3. The van der Waals surface area contributed by atoms with Crippen molar-refractivity contribution in [1.29, 1.82) is 0 Å². The number of rotatable bonds is 7. The van der Waals surface area contributed by atoms with Crippen LogP contribution >= 0.6 is 11.3 Å². The van der Waals surface area contributed by atoms with Gasteiger partial charge < -0.3 is 5.11 Å². The monoisotopic (exact) mass is 413 g/mol. The maximum absolute atomic E-state index is 11.7. The molecule has 5 nitrogen and oxygen atoms in total. The Kier molecular flexibility index (Phi) is 6.06. The Morgan fingerprint density at radius 1 is 0.867 bits per heavy atom. The zero-order chi connectivity index (χ0) is 20.8. The highest BCUT2D eigenvalue weighted by Gasteiger charge is 2.19. The van der Waals surface area contributed by atoms with Crippen LogP contribution in [0.1, 0.15) is 5.56 Å². The Morgan fingerprint density at radius 3 is 2.03 bits per heavy atom. The van der Waals surface area contributed by atoms with Crippen molar-refractivity contribution < 1.29 is 9.90 Å². The first-order chi connectivity index (χ1) is 14.7. The van der Waals surface area contributed by atoms with Crippen molar-refractivity contribution in [2.45, 2.75) is 12.5 Å². The van der Waals surface area contributed by atoms with Crippen LogP contribution in [-0.4, -0.2) is 22.1 Å². The average Bonchev–Trinajstić information content (AvgIpc) is 3.23. The lowest BCUT2D eigenvalue weighted by atomic mass is 10.1. The number of benzene rings is 3. The minimum atomic E-state index is -1.01. The average molecular weight is 414 g/mol. The van der Waals surface area contributed by atoms with E-state index in [9.17, 15) is 9.90 Å². The Bertz CT molecular complexity index is 1090. The summed E-state index contributed by atoms with van der Waals surface area (Å²) in [6.07, 6.45) is 0.280. The van der Waals surface area contributed by atoms with E-state index in [0.29, 0.717) is 5.13 Å². The van der Waals surface area contributed by atoms with Crippen molar-refractivity contribution in [2.75, 3.05) is 0 Å². The van der Waals surface area contributed by atoms with Gasteiger partial charge in [-0.3, -0.25) is 0 Å². The SMILES string of the molecule is O=C(O)C(Cc1ccccc1)N=Nc1nc(-c2ccccc2)c(-c2ccccc2)s1. The molecule has 1 N–H and O–H groups in total. The van der Waals surface area contributed by atoms with Crippen molar-refractivity contribution in [1.82, 2.24) is 4.98 Å². The molecule has 0 amide bonds. The zero-order valence-electron chi connectivity index (χ0n) is 16.1. The quantitative estimate of drug-likeness (QED) is 0.364. The summed E-state index contributed by atoms with van der Waals surface area (Å²) >= 11 is 1.40. The van der Waals surface area contributed by atoms with Gasteiger partial charge in [-0.15, -0.1) is 5.11 Å². The van der Waals surface area contributed by atoms with Gasteiger partial charge in [0.15, 0.2) is 6.04 Å². The Balaban J connectivity index is 1.67. The van der Waals surface area contributed by atoms with Crippen molar-refractivity contribution in [2.24, 2.45) is 10.2 Å². The smallest absolute Gasteiger partial charge is 0.330 e. The molecule has 30 heavy (non-hydrogen) atoms. The fourth-order valence-electron chi connectivity index (χ4n) is 3.06. The third kappa shape index (κ3) is 4.67. The number of carbonyl (C=O) groups is 1. The molecular weight excluding hydrogens is 394 g/mol. The van der Waals surface area contributed by atoms with Gasteiger partial charge in [-0.25, -0.2) is 9.78 Å². The lowest BCUT2D eigenvalue weighted by Gasteiger charge is -2.05. The molecule has 0 aliphatic heterocycles. The lowest BCUT2D eigenvalue weighted by molar-refractivity contribution is -0.138. The number of nitrogens with zero attached hydrogens (tertiary/aromatic N) is 3. The summed E-state index contributed by atoms with van der Waals surface area (Å²) in [7, 11) is 0. The summed E-state index contributed by atoms with van der Waals surface area (Å²) in [6.45, 7) is 0. The molecule has 0 radical (unpaired) electrons. The third-order valence-corrected chi connectivity index (χ3v) is 5.53. The molecule has 0 saturated heterocycles. The van der Waals surface area contributed by atoms with Crippen LogP contribution in [0.3, 0.4) is 0 Å². The fraction of sp³-hybridized carbons (Fsp3) is 0.0833. The van der Waals surface area contributed by atoms with E-state index in [0.717, 1.165) is 27.3 Å². The second-order valence-corrected chi connectivity index (χ2v) is 7.64. The second kappa shape index (κ2) is 9.24. The summed E-state index contributed by atoms with van der Waals surface area (Å²) in [5.74, 6) is -1.01. The van der Waals surface area contributed by atoms with Gasteiger partial charge in [-0.05, 0) is 11.1 Å². The highest BCUT2D eigenvalue weighted by atomic mass is 32.1. The van der Waals surface area contributed by atoms with Gasteiger partial charge in [0.25, 0.3) is 0 Å². The molecule has 0 aliphatic rings. The number of aromatic nitrogens is 1. The summed E-state index contributed by atoms with van der Waals surface area (Å²) in [5.41, 5.74) is 3.73. The van der Waals surface area contributed by atoms with Gasteiger partial charge >= 0.3 is 5.97 Å². The molecule has 0 saturated carbocycles. The molecule has 0 spiro atoms. The van der Waals surface area contributed by atoms with Gasteiger partial charge in [-0.2, -0.15) is 5.11 Å². The largest absolute Gasteiger partial charge is 0.480 e. The molecule has 1 aromatic heterocycles. The molecule has 148 valence electrons. The number of hydrogen-bond donors (Lipinski definition) is 1. The standard InChI is InChI=1S/C24H19N3O2S/c28-23(29)20(16-17-10-4-1-5-11-17)26-27-24-25-21(18-12-6-2-7-13-18)22(30-24)19-14-8-3-9-15-19/h1-15,20H,16H2,(H,28,29). The lowest BCUT2D eigenvalue weighted by Crippen LogP contribution is -2.20. The van der Waals surface area contributed by atoms with E-state index in [4.69, 9.17) is 0 Å². The van der Waals surface area contributed by atoms with Gasteiger partial charge in [0.2, 0.25) is 5.13 Å². The van der Waals surface area contributed by atoms with Crippen molar-refractivity contribution in [3.8, 4) is 21.7 Å². The van der Waals surface area contributed by atoms with E-state index in [1.807, 2.05) is 91.0 Å². The number of carboxylic acids is 1. The number of carboxylic acid groups (broad SMARTS) is 1. The van der Waals surface area contributed by atoms with E-state index in [-0.39, 0.29) is 6.42 Å². The number of azo groups is 1. The summed E-state index contributed by atoms with van der Waals surface area (Å²) < 4.78 is 0. The molecular formula is C24H19N3O2S. The van der Waals surface area contributed by atoms with Gasteiger partial charge in [0, 0.05) is 12.0 Å². The number of hydrogen-bond acceptors (Lipinski definition) is 5. The fourth-order valence-corrected chi connectivity index (χ4v) is 3.98. The first-order valence-electron chi connectivity index (χ1n) is 9.50. The molecule has 6 heteroatoms. The second-order valence-electron chi connectivity index (χ2n) is 6.67. The van der Waals surface area contributed by atoms with Crippen LogP contribution in [0.4, 0.5) is 5.13 Å². The van der Waals surface area contributed by atoms with Crippen molar-refractivity contribution in [3.63, 3.8) is 0 Å². The zero-order valence-corrected chi connectivity index (χ0v) is 16.9. The van der Waals surface area contributed by atoms with E-state index in [1.54, 1.807) is 0 Å². The molecule has 1 heterocycles. The Morgan fingerprint density at radius 2 is 1.43 bits per heavy atom. The van der Waals surface area contributed by atoms with E-state index in [1.165, 1.54) is 11.3 Å². The van der Waals surface area contributed by atoms with E-state index in [2.05, 4.69) is 15.2 Å². The number of thiazole rings is 1. The Hall–Kier alpha value is -3.64. The minimum Gasteiger partial charge on any atom is -0.480 e. The summed E-state index contributed by atoms with van der Waals surface area (Å²) in [5, 5.41) is 18.3. The van der Waals surface area contributed by atoms with Crippen LogP contribution in [0.25, 0.3) is 21.7 Å². The molecule has 4 aromatic rings. The molecule has 0 bridgehead atoms. The molecule has 1 unspecified atom stereocenters. The van der Waals surface area contributed by atoms with Crippen molar-refractivity contribution >= 4 is 22.4 Å². The maximum atomic E-state index is 11.7. The van der Waals surface area contributed by atoms with Gasteiger partial charge in [0.1, 0.15) is 0 Å². The van der Waals surface area contributed by atoms with Crippen LogP contribution in [0.5, 0.6) is 0 Å². The van der Waals surface area contributed by atoms with Crippen LogP contribution in [-0.2, 0) is 11.2 Å². The highest BCUT2D eigenvalue weighted by molar-refractivity contribution is 7.19. The van der Waals surface area contributed by atoms with Crippen LogP contribution in [0.2, 0.25) is 0 Å². The van der Waals surface area contributed by atoms with Crippen LogP contribution < -0.4 is 0 Å². The normalized spacial score (nSPS) is 12.1. The molecule has 0 aliphatic carbocycles. The maximum Gasteiger partial charge on any atom is 0.330 e. The molecule has 1 atom stereocenters. The van der Waals surface area contributed by atoms with Crippen molar-refractivity contribution in [3.05, 3.63) is 96.6 Å². The molecule has 3 aromatic carbocycles. The minimum absolute atomic E-state index is 0.280. The summed E-state index contributed by atoms with van der Waals surface area (Å²) in [4.78, 5) is 17.3. The first kappa shape index (κ1) is 19.7. The van der Waals surface area contributed by atoms with Crippen LogP contribution in [0.15, 0.2) is 101 Å². The van der Waals surface area contributed by atoms with E-state index < -0.39 is 12.0 Å².